The largest absolute Gasteiger partial charge is 0.480 e. The lowest BCUT2D eigenvalue weighted by Gasteiger charge is -2.20. The molecule has 0 aliphatic rings. The summed E-state index contributed by atoms with van der Waals surface area (Å²) in [6.07, 6.45) is 39.4. The monoisotopic (exact) mass is 835 g/mol. The molecule has 1 unspecified atom stereocenters. The number of phosphoric acid groups is 1. The predicted octanol–water partition coefficient (Wildman–Crippen LogP) is 8.44. The highest BCUT2D eigenvalue weighted by Crippen LogP contribution is 2.43. The summed E-state index contributed by atoms with van der Waals surface area (Å²) in [7, 11) is -4.81. The van der Waals surface area contributed by atoms with E-state index >= 15 is 0 Å². The van der Waals surface area contributed by atoms with Crippen LogP contribution >= 0.6 is 7.82 Å². The van der Waals surface area contributed by atoms with Crippen LogP contribution < -0.4 is 5.73 Å². The first kappa shape index (κ1) is 54.3. The van der Waals surface area contributed by atoms with E-state index in [0.717, 1.165) is 57.8 Å². The van der Waals surface area contributed by atoms with Gasteiger partial charge in [-0.2, -0.15) is 0 Å². The van der Waals surface area contributed by atoms with Crippen LogP contribution in [0.5, 0.6) is 0 Å². The van der Waals surface area contributed by atoms with Gasteiger partial charge in [-0.1, -0.05) is 111 Å². The number of unbranched alkanes of at least 4 members (excludes halogenated alkanes) is 2. The number of ether oxygens (including phenoxy) is 2. The Bertz CT molecular complexity index is 1380. The van der Waals surface area contributed by atoms with Gasteiger partial charge in [-0.15, -0.1) is 0 Å². The molecule has 328 valence electrons. The molecule has 58 heavy (non-hydrogen) atoms. The molecule has 0 amide bonds. The average Bonchev–Trinajstić information content (AvgIpc) is 3.19. The first-order valence-electron chi connectivity index (χ1n) is 20.4. The lowest BCUT2D eigenvalue weighted by molar-refractivity contribution is -0.161. The second-order valence-electron chi connectivity index (χ2n) is 13.3. The van der Waals surface area contributed by atoms with Crippen LogP contribution in [0.2, 0.25) is 0 Å². The Hall–Kier alpha value is -3.68. The fourth-order valence-corrected chi connectivity index (χ4v) is 5.51. The molecule has 14 heteroatoms. The number of aliphatic hydroxyl groups is 2. The highest BCUT2D eigenvalue weighted by Gasteiger charge is 2.28. The fraction of sp³-hybridized carbons (Fsp3) is 0.568. The molecule has 13 nitrogen and oxygen atoms in total. The lowest BCUT2D eigenvalue weighted by Crippen LogP contribution is -2.34. The van der Waals surface area contributed by atoms with E-state index in [2.05, 4.69) is 97.4 Å². The van der Waals surface area contributed by atoms with Crippen molar-refractivity contribution in [2.75, 3.05) is 19.8 Å². The number of allylic oxidation sites excluding steroid dienone is 15. The Labute approximate surface area is 346 Å². The number of aliphatic hydroxyl groups excluding tert-OH is 2. The minimum Gasteiger partial charge on any atom is -0.480 e. The van der Waals surface area contributed by atoms with Gasteiger partial charge < -0.3 is 35.4 Å². The van der Waals surface area contributed by atoms with E-state index in [-0.39, 0.29) is 32.1 Å². The highest BCUT2D eigenvalue weighted by molar-refractivity contribution is 7.47. The molecule has 0 saturated carbocycles. The van der Waals surface area contributed by atoms with Gasteiger partial charge in [0.15, 0.2) is 6.10 Å². The van der Waals surface area contributed by atoms with Crippen LogP contribution in [0.15, 0.2) is 97.2 Å². The standard InChI is InChI=1S/C44H70NO12P/c1-3-5-7-9-11-13-15-17-18-19-21-23-25-27-29-33-42(48)54-35-38(36-55-58(52,53)56-37-39(45)44(50)51)57-43(49)34-30-32-41(47)40(46)31-28-26-24-22-20-16-14-12-10-8-6-4-2/h5-8,11-14,17-18,20-23,26,28,38-41,46-47H,3-4,9-10,15-16,19,24-25,27,29-37,45H2,1-2H3,(H,50,51)(H,52,53)/b7-5-,8-6-,13-11-,14-12-,18-17-,22-20-,23-21-,28-26-/t38-,39+,40-,41-/m1/s1. The van der Waals surface area contributed by atoms with Gasteiger partial charge in [-0.05, 0) is 89.9 Å². The third-order valence-corrected chi connectivity index (χ3v) is 8.98. The van der Waals surface area contributed by atoms with Crippen molar-refractivity contribution >= 4 is 25.7 Å². The third kappa shape index (κ3) is 35.5. The number of carbonyl (C=O) groups is 3. The second kappa shape index (κ2) is 37.6. The van der Waals surface area contributed by atoms with Crippen molar-refractivity contribution in [2.45, 2.75) is 141 Å². The normalized spacial score (nSPS) is 15.8. The van der Waals surface area contributed by atoms with Crippen LogP contribution in [0.3, 0.4) is 0 Å². The maximum atomic E-state index is 12.6. The molecule has 0 saturated heterocycles. The van der Waals surface area contributed by atoms with E-state index in [0.29, 0.717) is 12.8 Å². The predicted molar refractivity (Wildman–Crippen MR) is 229 cm³/mol. The summed E-state index contributed by atoms with van der Waals surface area (Å²) in [6.45, 7) is 2.20. The molecule has 0 heterocycles. The van der Waals surface area contributed by atoms with E-state index in [1.54, 1.807) is 6.08 Å². The fourth-order valence-electron chi connectivity index (χ4n) is 4.73. The summed E-state index contributed by atoms with van der Waals surface area (Å²) in [4.78, 5) is 45.9. The second-order valence-corrected chi connectivity index (χ2v) is 14.8. The van der Waals surface area contributed by atoms with Gasteiger partial charge in [-0.3, -0.25) is 23.4 Å². The van der Waals surface area contributed by atoms with Gasteiger partial charge in [-0.25, -0.2) is 4.57 Å². The van der Waals surface area contributed by atoms with Crippen molar-refractivity contribution in [3.8, 4) is 0 Å². The molecule has 0 bridgehead atoms. The summed E-state index contributed by atoms with van der Waals surface area (Å²) in [5.41, 5.74) is 5.30. The number of hydrogen-bond acceptors (Lipinski definition) is 11. The summed E-state index contributed by atoms with van der Waals surface area (Å²) in [6, 6.07) is -1.58. The Morgan fingerprint density at radius 2 is 1.07 bits per heavy atom. The first-order valence-corrected chi connectivity index (χ1v) is 21.9. The summed E-state index contributed by atoms with van der Waals surface area (Å²) >= 11 is 0. The van der Waals surface area contributed by atoms with Crippen molar-refractivity contribution in [3.63, 3.8) is 0 Å². The summed E-state index contributed by atoms with van der Waals surface area (Å²) in [5, 5.41) is 29.6. The summed E-state index contributed by atoms with van der Waals surface area (Å²) in [5.74, 6) is -2.78. The van der Waals surface area contributed by atoms with Gasteiger partial charge in [0.1, 0.15) is 12.6 Å². The van der Waals surface area contributed by atoms with Crippen LogP contribution in [0.25, 0.3) is 0 Å². The molecular weight excluding hydrogens is 765 g/mol. The van der Waals surface area contributed by atoms with Crippen LogP contribution in [-0.4, -0.2) is 82.3 Å². The first-order chi connectivity index (χ1) is 27.9. The number of phosphoric ester groups is 1. The van der Waals surface area contributed by atoms with E-state index in [1.165, 1.54) is 0 Å². The topological polar surface area (TPSA) is 212 Å². The number of hydrogen-bond donors (Lipinski definition) is 5. The zero-order chi connectivity index (χ0) is 43.1. The van der Waals surface area contributed by atoms with E-state index in [9.17, 15) is 34.1 Å². The SMILES string of the molecule is CC/C=C\C/C=C\C/C=C\C/C=C\CCCCC(=O)OC[C@H](COP(=O)(O)OC[C@H](N)C(=O)O)OC(=O)CCC[C@@H](O)[C@H](O)C/C=C\C/C=C\C/C=C\C/C=C\CC. The molecule has 0 aromatic carbocycles. The van der Waals surface area contributed by atoms with Crippen molar-refractivity contribution < 1.29 is 57.7 Å². The molecule has 5 atom stereocenters. The number of aliphatic carboxylic acids is 1. The number of carboxylic acid groups (broad SMARTS) is 1. The Morgan fingerprint density at radius 1 is 0.603 bits per heavy atom. The Morgan fingerprint density at radius 3 is 1.59 bits per heavy atom. The van der Waals surface area contributed by atoms with E-state index in [1.807, 2.05) is 12.2 Å². The summed E-state index contributed by atoms with van der Waals surface area (Å²) < 4.78 is 32.4. The molecule has 0 aliphatic heterocycles. The smallest absolute Gasteiger partial charge is 0.472 e. The molecule has 0 aromatic heterocycles. The van der Waals surface area contributed by atoms with E-state index < -0.39 is 69.9 Å². The van der Waals surface area contributed by atoms with Crippen LogP contribution in [0, 0.1) is 0 Å². The van der Waals surface area contributed by atoms with Crippen LogP contribution in [0.1, 0.15) is 117 Å². The quantitative estimate of drug-likeness (QED) is 0.0174. The number of nitrogens with two attached hydrogens (primary N) is 1. The third-order valence-electron chi connectivity index (χ3n) is 8.03. The van der Waals surface area contributed by atoms with Gasteiger partial charge in [0, 0.05) is 12.8 Å². The number of esters is 2. The van der Waals surface area contributed by atoms with Gasteiger partial charge in [0.25, 0.3) is 0 Å². The Kier molecular flexibility index (Phi) is 35.2. The highest BCUT2D eigenvalue weighted by atomic mass is 31.2. The maximum absolute atomic E-state index is 12.6. The van der Waals surface area contributed by atoms with Gasteiger partial charge in [0.2, 0.25) is 0 Å². The molecule has 0 aromatic rings. The zero-order valence-corrected chi connectivity index (χ0v) is 35.5. The number of carbonyl (C=O) groups excluding carboxylic acids is 2. The van der Waals surface area contributed by atoms with Crippen molar-refractivity contribution in [3.05, 3.63) is 97.2 Å². The van der Waals surface area contributed by atoms with Gasteiger partial charge in [0.05, 0.1) is 25.4 Å². The molecule has 0 radical (unpaired) electrons. The molecule has 6 N–H and O–H groups in total. The molecule has 0 fully saturated rings. The molecule has 0 spiro atoms. The van der Waals surface area contributed by atoms with Crippen molar-refractivity contribution in [2.24, 2.45) is 5.73 Å². The van der Waals surface area contributed by atoms with Crippen LogP contribution in [0.4, 0.5) is 0 Å². The van der Waals surface area contributed by atoms with Crippen LogP contribution in [-0.2, 0) is 37.5 Å². The minimum absolute atomic E-state index is 0.102. The lowest BCUT2D eigenvalue weighted by atomic mass is 10.0. The minimum atomic E-state index is -4.81. The molecular formula is C44H70NO12P. The molecule has 0 aliphatic carbocycles. The Balaban J connectivity index is 4.75. The zero-order valence-electron chi connectivity index (χ0n) is 34.6. The number of rotatable bonds is 36. The average molecular weight is 836 g/mol. The van der Waals surface area contributed by atoms with Crippen molar-refractivity contribution in [1.82, 2.24) is 0 Å². The van der Waals surface area contributed by atoms with E-state index in [4.69, 9.17) is 24.8 Å². The van der Waals surface area contributed by atoms with Gasteiger partial charge >= 0.3 is 25.7 Å². The molecule has 0 rings (SSSR count). The van der Waals surface area contributed by atoms with Crippen molar-refractivity contribution in [1.29, 1.82) is 0 Å². The maximum Gasteiger partial charge on any atom is 0.472 e. The number of carboxylic acids is 1.